The van der Waals surface area contributed by atoms with Gasteiger partial charge in [-0.1, -0.05) is 11.6 Å². The second-order valence-electron chi connectivity index (χ2n) is 6.57. The number of halogens is 3. The van der Waals surface area contributed by atoms with Gasteiger partial charge in [-0.15, -0.1) is 11.3 Å². The largest absolute Gasteiger partial charge is 0.338 e. The number of likely N-dealkylation sites (tertiary alicyclic amines) is 1. The van der Waals surface area contributed by atoms with Crippen molar-refractivity contribution in [3.8, 4) is 10.4 Å². The van der Waals surface area contributed by atoms with Gasteiger partial charge in [-0.3, -0.25) is 9.89 Å². The molecule has 1 aromatic carbocycles. The third-order valence-corrected chi connectivity index (χ3v) is 6.19. The van der Waals surface area contributed by atoms with Crippen LogP contribution in [0.4, 0.5) is 8.78 Å². The van der Waals surface area contributed by atoms with E-state index in [0.717, 1.165) is 16.5 Å². The summed E-state index contributed by atoms with van der Waals surface area (Å²) in [6, 6.07) is 5.55. The first-order valence-corrected chi connectivity index (χ1v) is 9.73. The summed E-state index contributed by atoms with van der Waals surface area (Å²) < 4.78 is 28.9. The van der Waals surface area contributed by atoms with Crippen LogP contribution < -0.4 is 0 Å². The Kier molecular flexibility index (Phi) is 4.74. The van der Waals surface area contributed by atoms with Crippen molar-refractivity contribution in [3.63, 3.8) is 0 Å². The molecule has 1 fully saturated rings. The number of carbonyl (C=O) groups excluding carboxylic acids is 1. The highest BCUT2D eigenvalue weighted by Gasteiger charge is 2.39. The van der Waals surface area contributed by atoms with Crippen LogP contribution in [0, 0.1) is 5.82 Å². The quantitative estimate of drug-likeness (QED) is 0.661. The van der Waals surface area contributed by atoms with E-state index in [1.165, 1.54) is 23.5 Å². The molecule has 8 heteroatoms. The Morgan fingerprint density at radius 2 is 2.07 bits per heavy atom. The van der Waals surface area contributed by atoms with Gasteiger partial charge < -0.3 is 4.90 Å². The zero-order valence-corrected chi connectivity index (χ0v) is 15.8. The Hall–Kier alpha value is -2.25. The number of carbonyl (C=O) groups is 1. The van der Waals surface area contributed by atoms with E-state index in [4.69, 9.17) is 11.6 Å². The van der Waals surface area contributed by atoms with Gasteiger partial charge >= 0.3 is 0 Å². The van der Waals surface area contributed by atoms with Gasteiger partial charge in [0.15, 0.2) is 0 Å². The molecule has 0 unspecified atom stereocenters. The highest BCUT2D eigenvalue weighted by Crippen LogP contribution is 2.41. The molecule has 0 radical (unpaired) electrons. The molecule has 0 bridgehead atoms. The number of thiophene rings is 1. The lowest BCUT2D eigenvalue weighted by molar-refractivity contribution is 0.0421. The van der Waals surface area contributed by atoms with Crippen molar-refractivity contribution in [2.75, 3.05) is 13.1 Å². The number of nitrogens with zero attached hydrogens (tertiary/aromatic N) is 2. The van der Waals surface area contributed by atoms with Gasteiger partial charge in [0.1, 0.15) is 11.5 Å². The van der Waals surface area contributed by atoms with Crippen molar-refractivity contribution in [3.05, 3.63) is 64.0 Å². The molecule has 0 spiro atoms. The van der Waals surface area contributed by atoms with Gasteiger partial charge in [0, 0.05) is 58.5 Å². The molecule has 1 saturated heterocycles. The number of nitrogens with one attached hydrogen (secondary N) is 1. The van der Waals surface area contributed by atoms with Crippen LogP contribution in [0.15, 0.2) is 42.0 Å². The number of piperidine rings is 1. The van der Waals surface area contributed by atoms with Gasteiger partial charge in [-0.25, -0.2) is 8.78 Å². The lowest BCUT2D eigenvalue weighted by atomic mass is 9.86. The number of H-pyrrole nitrogens is 1. The molecule has 3 aromatic rings. The fourth-order valence-corrected chi connectivity index (χ4v) is 4.49. The zero-order chi connectivity index (χ0) is 19.0. The average molecular weight is 408 g/mol. The summed E-state index contributed by atoms with van der Waals surface area (Å²) in [5.74, 6) is -0.650. The third-order valence-electron chi connectivity index (χ3n) is 4.88. The van der Waals surface area contributed by atoms with E-state index < -0.39 is 11.5 Å². The van der Waals surface area contributed by atoms with E-state index >= 15 is 4.39 Å². The van der Waals surface area contributed by atoms with Crippen LogP contribution in [0.5, 0.6) is 0 Å². The van der Waals surface area contributed by atoms with Crippen LogP contribution in [0.25, 0.3) is 10.4 Å². The van der Waals surface area contributed by atoms with Crippen LogP contribution in [0.1, 0.15) is 28.8 Å². The van der Waals surface area contributed by atoms with Crippen molar-refractivity contribution in [1.29, 1.82) is 0 Å². The molecule has 1 aliphatic heterocycles. The first-order valence-electron chi connectivity index (χ1n) is 8.48. The molecule has 1 N–H and O–H groups in total. The second-order valence-corrected chi connectivity index (χ2v) is 7.89. The van der Waals surface area contributed by atoms with E-state index in [0.29, 0.717) is 5.56 Å². The van der Waals surface area contributed by atoms with Gasteiger partial charge in [0.05, 0.1) is 11.8 Å². The molecule has 2 aromatic heterocycles. The minimum Gasteiger partial charge on any atom is -0.338 e. The molecule has 0 atom stereocenters. The Labute approximate surface area is 163 Å². The number of alkyl halides is 1. The molecule has 4 rings (SSSR count). The number of aromatic nitrogens is 2. The summed E-state index contributed by atoms with van der Waals surface area (Å²) >= 11 is 7.53. The predicted octanol–water partition coefficient (Wildman–Crippen LogP) is 5.03. The van der Waals surface area contributed by atoms with Crippen molar-refractivity contribution in [2.45, 2.75) is 18.5 Å². The smallest absolute Gasteiger partial charge is 0.254 e. The Bertz CT molecular complexity index is 965. The SMILES string of the molecule is O=C(c1csc(-c2cn[nH]c2)c1)N1CCC(F)(c2cc(F)ccc2Cl)CC1. The van der Waals surface area contributed by atoms with E-state index in [1.54, 1.807) is 22.7 Å². The number of rotatable bonds is 3. The minimum atomic E-state index is -1.73. The highest BCUT2D eigenvalue weighted by atomic mass is 35.5. The van der Waals surface area contributed by atoms with Gasteiger partial charge in [-0.2, -0.15) is 5.10 Å². The number of hydrogen-bond acceptors (Lipinski definition) is 3. The molecule has 4 nitrogen and oxygen atoms in total. The lowest BCUT2D eigenvalue weighted by Crippen LogP contribution is -2.43. The molecule has 140 valence electrons. The number of hydrogen-bond donors (Lipinski definition) is 1. The van der Waals surface area contributed by atoms with E-state index in [2.05, 4.69) is 10.2 Å². The van der Waals surface area contributed by atoms with Gasteiger partial charge in [0.25, 0.3) is 5.91 Å². The summed E-state index contributed by atoms with van der Waals surface area (Å²) in [4.78, 5) is 15.3. The molecule has 1 amide bonds. The normalized spacial score (nSPS) is 16.5. The maximum atomic E-state index is 15.4. The van der Waals surface area contributed by atoms with Crippen LogP contribution in [-0.4, -0.2) is 34.1 Å². The van der Waals surface area contributed by atoms with Crippen molar-refractivity contribution in [1.82, 2.24) is 15.1 Å². The van der Waals surface area contributed by atoms with E-state index in [-0.39, 0.29) is 42.4 Å². The second kappa shape index (κ2) is 7.05. The number of amides is 1. The van der Waals surface area contributed by atoms with Gasteiger partial charge in [-0.05, 0) is 24.3 Å². The molecule has 0 saturated carbocycles. The molecular weight excluding hydrogens is 392 g/mol. The summed E-state index contributed by atoms with van der Waals surface area (Å²) in [7, 11) is 0. The van der Waals surface area contributed by atoms with Crippen molar-refractivity contribution < 1.29 is 13.6 Å². The van der Waals surface area contributed by atoms with Crippen LogP contribution >= 0.6 is 22.9 Å². The maximum absolute atomic E-state index is 15.4. The predicted molar refractivity (Wildman–Crippen MR) is 101 cm³/mol. The Balaban J connectivity index is 1.47. The van der Waals surface area contributed by atoms with Crippen LogP contribution in [0.3, 0.4) is 0 Å². The third kappa shape index (κ3) is 3.49. The lowest BCUT2D eigenvalue weighted by Gasteiger charge is -2.37. The highest BCUT2D eigenvalue weighted by molar-refractivity contribution is 7.13. The van der Waals surface area contributed by atoms with E-state index in [1.807, 2.05) is 6.07 Å². The summed E-state index contributed by atoms with van der Waals surface area (Å²) in [6.45, 7) is 0.498. The first-order chi connectivity index (χ1) is 13.0. The summed E-state index contributed by atoms with van der Waals surface area (Å²) in [5, 5.41) is 8.66. The topological polar surface area (TPSA) is 49.0 Å². The Morgan fingerprint density at radius 1 is 1.30 bits per heavy atom. The molecule has 27 heavy (non-hydrogen) atoms. The minimum absolute atomic E-state index is 0.0840. The van der Waals surface area contributed by atoms with Crippen LogP contribution in [0.2, 0.25) is 5.02 Å². The fourth-order valence-electron chi connectivity index (χ4n) is 3.34. The van der Waals surface area contributed by atoms with Gasteiger partial charge in [0.2, 0.25) is 0 Å². The monoisotopic (exact) mass is 407 g/mol. The summed E-state index contributed by atoms with van der Waals surface area (Å²) in [6.07, 6.45) is 3.63. The molecule has 0 aliphatic carbocycles. The molecule has 3 heterocycles. The van der Waals surface area contributed by atoms with E-state index in [9.17, 15) is 9.18 Å². The van der Waals surface area contributed by atoms with Crippen molar-refractivity contribution >= 4 is 28.8 Å². The van der Waals surface area contributed by atoms with Crippen molar-refractivity contribution in [2.24, 2.45) is 0 Å². The number of aromatic amines is 1. The molecular formula is C19H16ClF2N3OS. The first kappa shape index (κ1) is 18.1. The maximum Gasteiger partial charge on any atom is 0.254 e. The molecule has 1 aliphatic rings. The fraction of sp³-hybridized carbons (Fsp3) is 0.263. The Morgan fingerprint density at radius 3 is 2.78 bits per heavy atom. The van der Waals surface area contributed by atoms with Crippen LogP contribution in [-0.2, 0) is 5.67 Å². The summed E-state index contributed by atoms with van der Waals surface area (Å²) in [5.41, 5.74) is -0.0753. The average Bonchev–Trinajstić information content (AvgIpc) is 3.35. The zero-order valence-electron chi connectivity index (χ0n) is 14.2. The standard InChI is InChI=1S/C19H16ClF2N3OS/c20-16-2-1-14(21)8-15(16)19(22)3-5-25(6-4-19)18(26)12-7-17(27-11-12)13-9-23-24-10-13/h1-2,7-11H,3-6H2,(H,23,24). The number of benzene rings is 1.